The van der Waals surface area contributed by atoms with Crippen LogP contribution in [0.15, 0.2) is 17.1 Å². The molecular formula is C20H34N4O3. The Balaban J connectivity index is 1.90. The van der Waals surface area contributed by atoms with E-state index >= 15 is 0 Å². The Kier molecular flexibility index (Phi) is 8.51. The maximum Gasteiger partial charge on any atom is 0.191 e. The van der Waals surface area contributed by atoms with Crippen LogP contribution >= 0.6 is 0 Å². The normalized spacial score (nSPS) is 17.7. The maximum absolute atomic E-state index is 5.51. The molecule has 27 heavy (non-hydrogen) atoms. The zero-order valence-electron chi connectivity index (χ0n) is 17.3. The van der Waals surface area contributed by atoms with Gasteiger partial charge in [0, 0.05) is 43.9 Å². The lowest BCUT2D eigenvalue weighted by Crippen LogP contribution is -2.45. The van der Waals surface area contributed by atoms with Crippen LogP contribution in [0.25, 0.3) is 0 Å². The van der Waals surface area contributed by atoms with Crippen LogP contribution < -0.4 is 24.8 Å². The van der Waals surface area contributed by atoms with Crippen molar-refractivity contribution >= 4 is 5.96 Å². The van der Waals surface area contributed by atoms with E-state index in [1.807, 2.05) is 12.1 Å². The van der Waals surface area contributed by atoms with Gasteiger partial charge in [-0.2, -0.15) is 0 Å². The zero-order valence-corrected chi connectivity index (χ0v) is 17.3. The van der Waals surface area contributed by atoms with Gasteiger partial charge in [-0.25, -0.2) is 0 Å². The van der Waals surface area contributed by atoms with E-state index in [1.165, 1.54) is 19.4 Å². The second kappa shape index (κ2) is 10.9. The van der Waals surface area contributed by atoms with Crippen LogP contribution in [-0.4, -0.2) is 71.5 Å². The molecule has 0 spiro atoms. The van der Waals surface area contributed by atoms with E-state index < -0.39 is 0 Å². The minimum atomic E-state index is 0.593. The minimum absolute atomic E-state index is 0.593. The lowest BCUT2D eigenvalue weighted by Gasteiger charge is -2.24. The fourth-order valence-corrected chi connectivity index (χ4v) is 3.61. The van der Waals surface area contributed by atoms with Gasteiger partial charge in [-0.15, -0.1) is 0 Å². The van der Waals surface area contributed by atoms with Gasteiger partial charge in [-0.05, 0) is 32.4 Å². The predicted octanol–water partition coefficient (Wildman–Crippen LogP) is 1.90. The molecule has 1 heterocycles. The summed E-state index contributed by atoms with van der Waals surface area (Å²) >= 11 is 0. The number of likely N-dealkylation sites (N-methyl/N-ethyl adjacent to an activating group) is 1. The van der Waals surface area contributed by atoms with E-state index in [-0.39, 0.29) is 0 Å². The maximum atomic E-state index is 5.51. The number of ether oxygens (including phenoxy) is 3. The van der Waals surface area contributed by atoms with Crippen molar-refractivity contribution in [1.29, 1.82) is 0 Å². The van der Waals surface area contributed by atoms with Gasteiger partial charge in [0.05, 0.1) is 21.3 Å². The highest BCUT2D eigenvalue weighted by molar-refractivity contribution is 5.79. The molecule has 0 radical (unpaired) electrons. The third-order valence-electron chi connectivity index (χ3n) is 5.12. The average Bonchev–Trinajstić information content (AvgIpc) is 3.17. The number of guanidine groups is 1. The Labute approximate surface area is 163 Å². The highest BCUT2D eigenvalue weighted by atomic mass is 16.5. The van der Waals surface area contributed by atoms with E-state index in [0.717, 1.165) is 54.8 Å². The fourth-order valence-electron chi connectivity index (χ4n) is 3.61. The van der Waals surface area contributed by atoms with Crippen LogP contribution in [-0.2, 0) is 6.42 Å². The van der Waals surface area contributed by atoms with Crippen molar-refractivity contribution in [3.05, 3.63) is 17.7 Å². The largest absolute Gasteiger partial charge is 0.496 e. The summed E-state index contributed by atoms with van der Waals surface area (Å²) in [5.41, 5.74) is 1.01. The number of likely N-dealkylation sites (tertiary alicyclic amines) is 1. The molecule has 1 unspecified atom stereocenters. The minimum Gasteiger partial charge on any atom is -0.496 e. The molecular weight excluding hydrogens is 344 g/mol. The van der Waals surface area contributed by atoms with Crippen molar-refractivity contribution in [1.82, 2.24) is 15.5 Å². The molecule has 1 aromatic carbocycles. The van der Waals surface area contributed by atoms with Gasteiger partial charge in [0.25, 0.3) is 0 Å². The molecule has 0 bridgehead atoms. The number of nitrogens with zero attached hydrogens (tertiary/aromatic N) is 2. The lowest BCUT2D eigenvalue weighted by molar-refractivity contribution is 0.267. The first-order valence-corrected chi connectivity index (χ1v) is 9.64. The summed E-state index contributed by atoms with van der Waals surface area (Å²) in [6.45, 7) is 6.17. The third kappa shape index (κ3) is 5.66. The topological polar surface area (TPSA) is 67.4 Å². The number of hydrogen-bond donors (Lipinski definition) is 2. The van der Waals surface area contributed by atoms with Gasteiger partial charge in [0.15, 0.2) is 5.96 Å². The lowest BCUT2D eigenvalue weighted by atomic mass is 10.1. The molecule has 0 amide bonds. The molecule has 7 nitrogen and oxygen atoms in total. The number of aliphatic imine (C=N–C) groups is 1. The van der Waals surface area contributed by atoms with E-state index in [4.69, 9.17) is 14.2 Å². The molecule has 0 aliphatic carbocycles. The molecule has 1 aliphatic heterocycles. The van der Waals surface area contributed by atoms with E-state index in [0.29, 0.717) is 6.04 Å². The molecule has 7 heteroatoms. The fraction of sp³-hybridized carbons (Fsp3) is 0.650. The number of nitrogens with one attached hydrogen (secondary N) is 2. The van der Waals surface area contributed by atoms with Crippen molar-refractivity contribution in [3.63, 3.8) is 0 Å². The second-order valence-corrected chi connectivity index (χ2v) is 6.57. The van der Waals surface area contributed by atoms with Gasteiger partial charge in [-0.1, -0.05) is 6.92 Å². The van der Waals surface area contributed by atoms with Crippen molar-refractivity contribution < 1.29 is 14.2 Å². The quantitative estimate of drug-likeness (QED) is 0.505. The summed E-state index contributed by atoms with van der Waals surface area (Å²) < 4.78 is 16.3. The summed E-state index contributed by atoms with van der Waals surface area (Å²) in [5.74, 6) is 3.07. The van der Waals surface area contributed by atoms with Crippen molar-refractivity contribution in [2.45, 2.75) is 32.2 Å². The zero-order chi connectivity index (χ0) is 19.6. The molecule has 1 saturated heterocycles. The Hall–Kier alpha value is -2.15. The van der Waals surface area contributed by atoms with Crippen LogP contribution in [0, 0.1) is 0 Å². The first kappa shape index (κ1) is 21.2. The summed E-state index contributed by atoms with van der Waals surface area (Å²) in [5, 5.41) is 6.84. The average molecular weight is 379 g/mol. The second-order valence-electron chi connectivity index (χ2n) is 6.57. The van der Waals surface area contributed by atoms with E-state index in [1.54, 1.807) is 28.4 Å². The van der Waals surface area contributed by atoms with Crippen molar-refractivity contribution in [3.8, 4) is 17.2 Å². The number of hydrogen-bond acceptors (Lipinski definition) is 5. The molecule has 0 aromatic heterocycles. The Bertz CT molecular complexity index is 596. The van der Waals surface area contributed by atoms with Crippen LogP contribution in [0.1, 0.15) is 25.3 Å². The van der Waals surface area contributed by atoms with Crippen molar-refractivity contribution in [2.24, 2.45) is 4.99 Å². The summed E-state index contributed by atoms with van der Waals surface area (Å²) in [6.07, 6.45) is 3.28. The highest BCUT2D eigenvalue weighted by Gasteiger charge is 2.22. The third-order valence-corrected chi connectivity index (χ3v) is 5.12. The van der Waals surface area contributed by atoms with Gasteiger partial charge < -0.3 is 24.8 Å². The van der Waals surface area contributed by atoms with Crippen LogP contribution in [0.3, 0.4) is 0 Å². The molecule has 1 fully saturated rings. The van der Waals surface area contributed by atoms with E-state index in [9.17, 15) is 0 Å². The SMILES string of the molecule is CCN1CCCC1CNC(=NC)NCCc1c(OC)cc(OC)cc1OC. The number of methoxy groups -OCH3 is 3. The Morgan fingerprint density at radius 2 is 1.85 bits per heavy atom. The molecule has 2 N–H and O–H groups in total. The molecule has 152 valence electrons. The van der Waals surface area contributed by atoms with Crippen LogP contribution in [0.2, 0.25) is 0 Å². The first-order chi connectivity index (χ1) is 13.2. The molecule has 1 atom stereocenters. The standard InChI is InChI=1S/C20H34N4O3/c1-6-24-11-7-8-15(24)14-23-20(21-2)22-10-9-17-18(26-4)12-16(25-3)13-19(17)27-5/h12-13,15H,6-11,14H2,1-5H3,(H2,21,22,23). The highest BCUT2D eigenvalue weighted by Crippen LogP contribution is 2.34. The number of rotatable bonds is 9. The molecule has 1 aliphatic rings. The summed E-state index contributed by atoms with van der Waals surface area (Å²) in [7, 11) is 6.75. The van der Waals surface area contributed by atoms with Crippen molar-refractivity contribution in [2.75, 3.05) is 54.6 Å². The molecule has 2 rings (SSSR count). The summed E-state index contributed by atoms with van der Waals surface area (Å²) in [6, 6.07) is 4.35. The van der Waals surface area contributed by atoms with Gasteiger partial charge in [0.1, 0.15) is 17.2 Å². The predicted molar refractivity (Wildman–Crippen MR) is 109 cm³/mol. The Morgan fingerprint density at radius 1 is 1.15 bits per heavy atom. The smallest absolute Gasteiger partial charge is 0.191 e. The first-order valence-electron chi connectivity index (χ1n) is 9.64. The molecule has 1 aromatic rings. The number of benzene rings is 1. The van der Waals surface area contributed by atoms with Gasteiger partial charge >= 0.3 is 0 Å². The summed E-state index contributed by atoms with van der Waals surface area (Å²) in [4.78, 5) is 6.86. The molecule has 0 saturated carbocycles. The van der Waals surface area contributed by atoms with E-state index in [2.05, 4.69) is 27.4 Å². The van der Waals surface area contributed by atoms with Crippen LogP contribution in [0.4, 0.5) is 0 Å². The van der Waals surface area contributed by atoms with Gasteiger partial charge in [-0.3, -0.25) is 9.89 Å². The monoisotopic (exact) mass is 378 g/mol. The van der Waals surface area contributed by atoms with Gasteiger partial charge in [0.2, 0.25) is 0 Å². The Morgan fingerprint density at radius 3 is 2.41 bits per heavy atom. The van der Waals surface area contributed by atoms with Crippen LogP contribution in [0.5, 0.6) is 17.2 Å².